The van der Waals surface area contributed by atoms with Gasteiger partial charge in [-0.3, -0.25) is 0 Å². The number of anilines is 1. The van der Waals surface area contributed by atoms with Crippen molar-refractivity contribution in [3.05, 3.63) is 17.0 Å². The molecule has 0 N–H and O–H groups in total. The zero-order valence-electron chi connectivity index (χ0n) is 6.87. The van der Waals surface area contributed by atoms with E-state index in [-0.39, 0.29) is 5.28 Å². The third-order valence-corrected chi connectivity index (χ3v) is 2.20. The van der Waals surface area contributed by atoms with Gasteiger partial charge in [-0.2, -0.15) is 10.2 Å². The Morgan fingerprint density at radius 1 is 1.54 bits per heavy atom. The first-order valence-corrected chi connectivity index (χ1v) is 4.36. The summed E-state index contributed by atoms with van der Waals surface area (Å²) in [5, 5.41) is 8.97. The number of hydrogen-bond donors (Lipinski definition) is 0. The van der Waals surface area contributed by atoms with Crippen molar-refractivity contribution >= 4 is 17.4 Å². The topological polar surface area (TPSA) is 52.8 Å². The van der Waals surface area contributed by atoms with Crippen LogP contribution in [0.15, 0.2) is 6.20 Å². The predicted octanol–water partition coefficient (Wildman–Crippen LogP) is 1.21. The summed E-state index contributed by atoms with van der Waals surface area (Å²) in [5.74, 6) is 0.661. The zero-order chi connectivity index (χ0) is 9.26. The second-order valence-electron chi connectivity index (χ2n) is 2.83. The van der Waals surface area contributed by atoms with Gasteiger partial charge in [0.05, 0.1) is 6.20 Å². The lowest BCUT2D eigenvalue weighted by atomic mass is 10.2. The second-order valence-corrected chi connectivity index (χ2v) is 3.17. The van der Waals surface area contributed by atoms with Crippen LogP contribution in [0.2, 0.25) is 5.28 Å². The molecule has 13 heavy (non-hydrogen) atoms. The molecule has 0 bridgehead atoms. The van der Waals surface area contributed by atoms with Crippen molar-refractivity contribution in [3.63, 3.8) is 0 Å². The Hall–Kier alpha value is -1.34. The fraction of sp³-hybridized carbons (Fsp3) is 0.375. The van der Waals surface area contributed by atoms with E-state index < -0.39 is 0 Å². The van der Waals surface area contributed by atoms with E-state index >= 15 is 0 Å². The summed E-state index contributed by atoms with van der Waals surface area (Å²) in [5.41, 5.74) is 0.490. The van der Waals surface area contributed by atoms with Crippen molar-refractivity contribution in [3.8, 4) is 6.07 Å². The average Bonchev–Trinajstić information content (AvgIpc) is 2.02. The van der Waals surface area contributed by atoms with Gasteiger partial charge in [0.2, 0.25) is 5.28 Å². The fourth-order valence-corrected chi connectivity index (χ4v) is 1.33. The SMILES string of the molecule is N#Cc1cnc(Cl)nc1N1CCC1. The molecule has 0 spiro atoms. The molecule has 0 aromatic carbocycles. The van der Waals surface area contributed by atoms with Gasteiger partial charge in [0, 0.05) is 13.1 Å². The molecule has 4 nitrogen and oxygen atoms in total. The zero-order valence-corrected chi connectivity index (χ0v) is 7.62. The molecule has 1 aliphatic heterocycles. The van der Waals surface area contributed by atoms with Crippen LogP contribution in [0.4, 0.5) is 5.82 Å². The second kappa shape index (κ2) is 3.19. The number of halogens is 1. The first-order chi connectivity index (χ1) is 6.31. The van der Waals surface area contributed by atoms with Crippen LogP contribution in [0.5, 0.6) is 0 Å². The summed E-state index contributed by atoms with van der Waals surface area (Å²) < 4.78 is 0. The van der Waals surface area contributed by atoms with Crippen LogP contribution in [0.1, 0.15) is 12.0 Å². The largest absolute Gasteiger partial charge is 0.355 e. The van der Waals surface area contributed by atoms with E-state index in [1.807, 2.05) is 11.0 Å². The highest BCUT2D eigenvalue weighted by atomic mass is 35.5. The van der Waals surface area contributed by atoms with Crippen LogP contribution in [0, 0.1) is 11.3 Å². The molecule has 0 aliphatic carbocycles. The summed E-state index contributed by atoms with van der Waals surface area (Å²) >= 11 is 5.64. The van der Waals surface area contributed by atoms with E-state index in [9.17, 15) is 0 Å². The Bertz CT molecular complexity index is 367. The van der Waals surface area contributed by atoms with Crippen LogP contribution in [0.3, 0.4) is 0 Å². The van der Waals surface area contributed by atoms with E-state index in [2.05, 4.69) is 9.97 Å². The highest BCUT2D eigenvalue weighted by Crippen LogP contribution is 2.22. The van der Waals surface area contributed by atoms with Gasteiger partial charge in [-0.25, -0.2) is 4.98 Å². The average molecular weight is 195 g/mol. The molecule has 1 aliphatic rings. The fourth-order valence-electron chi connectivity index (χ4n) is 1.20. The van der Waals surface area contributed by atoms with Crippen molar-refractivity contribution < 1.29 is 0 Å². The minimum Gasteiger partial charge on any atom is -0.355 e. The van der Waals surface area contributed by atoms with Crippen molar-refractivity contribution in [2.24, 2.45) is 0 Å². The maximum absolute atomic E-state index is 8.78. The molecule has 1 fully saturated rings. The molecule has 1 aromatic heterocycles. The van der Waals surface area contributed by atoms with Gasteiger partial charge in [0.15, 0.2) is 5.82 Å². The molecule has 1 aromatic rings. The van der Waals surface area contributed by atoms with Crippen LogP contribution in [-0.4, -0.2) is 23.1 Å². The quantitative estimate of drug-likeness (QED) is 0.631. The summed E-state index contributed by atoms with van der Waals surface area (Å²) in [6.07, 6.45) is 2.61. The molecule has 0 amide bonds. The van der Waals surface area contributed by atoms with Crippen LogP contribution >= 0.6 is 11.6 Å². The molecular formula is C8H7ClN4. The van der Waals surface area contributed by atoms with E-state index in [1.54, 1.807) is 0 Å². The summed E-state index contributed by atoms with van der Waals surface area (Å²) in [6.45, 7) is 1.89. The first-order valence-electron chi connectivity index (χ1n) is 3.99. The molecule has 1 saturated heterocycles. The molecule has 0 unspecified atom stereocenters. The number of hydrogen-bond acceptors (Lipinski definition) is 4. The van der Waals surface area contributed by atoms with E-state index in [4.69, 9.17) is 16.9 Å². The van der Waals surface area contributed by atoms with Gasteiger partial charge in [-0.05, 0) is 18.0 Å². The Morgan fingerprint density at radius 3 is 2.85 bits per heavy atom. The minimum absolute atomic E-state index is 0.195. The van der Waals surface area contributed by atoms with Gasteiger partial charge in [-0.15, -0.1) is 0 Å². The predicted molar refractivity (Wildman–Crippen MR) is 48.6 cm³/mol. The highest BCUT2D eigenvalue weighted by molar-refractivity contribution is 6.28. The third kappa shape index (κ3) is 1.43. The first kappa shape index (κ1) is 8.27. The van der Waals surface area contributed by atoms with Gasteiger partial charge in [0.1, 0.15) is 11.6 Å². The lowest BCUT2D eigenvalue weighted by molar-refractivity contribution is 0.608. The standard InChI is InChI=1S/C8H7ClN4/c9-8-11-5-6(4-10)7(12-8)13-2-1-3-13/h5H,1-3H2. The van der Waals surface area contributed by atoms with Crippen molar-refractivity contribution in [2.75, 3.05) is 18.0 Å². The minimum atomic E-state index is 0.195. The Morgan fingerprint density at radius 2 is 2.31 bits per heavy atom. The summed E-state index contributed by atoms with van der Waals surface area (Å²) in [7, 11) is 0. The number of nitriles is 1. The Labute approximate surface area is 80.8 Å². The lowest BCUT2D eigenvalue weighted by Crippen LogP contribution is -2.38. The van der Waals surface area contributed by atoms with Crippen molar-refractivity contribution in [1.82, 2.24) is 9.97 Å². The molecular weight excluding hydrogens is 188 g/mol. The molecule has 5 heteroatoms. The number of rotatable bonds is 1. The van der Waals surface area contributed by atoms with Crippen LogP contribution in [0.25, 0.3) is 0 Å². The Balaban J connectivity index is 2.41. The summed E-state index contributed by atoms with van der Waals surface area (Å²) in [4.78, 5) is 9.80. The van der Waals surface area contributed by atoms with E-state index in [0.29, 0.717) is 11.4 Å². The molecule has 66 valence electrons. The van der Waals surface area contributed by atoms with Crippen LogP contribution < -0.4 is 4.90 Å². The normalized spacial score (nSPS) is 14.9. The van der Waals surface area contributed by atoms with Crippen molar-refractivity contribution in [2.45, 2.75) is 6.42 Å². The Kier molecular flexibility index (Phi) is 2.03. The van der Waals surface area contributed by atoms with Gasteiger partial charge in [-0.1, -0.05) is 0 Å². The monoisotopic (exact) mass is 194 g/mol. The molecule has 2 heterocycles. The van der Waals surface area contributed by atoms with Crippen LogP contribution in [-0.2, 0) is 0 Å². The molecule has 0 saturated carbocycles. The molecule has 0 radical (unpaired) electrons. The van der Waals surface area contributed by atoms with Gasteiger partial charge < -0.3 is 4.90 Å². The van der Waals surface area contributed by atoms with E-state index in [0.717, 1.165) is 19.5 Å². The van der Waals surface area contributed by atoms with Gasteiger partial charge >= 0.3 is 0 Å². The maximum atomic E-state index is 8.78. The van der Waals surface area contributed by atoms with Crippen molar-refractivity contribution in [1.29, 1.82) is 5.26 Å². The van der Waals surface area contributed by atoms with E-state index in [1.165, 1.54) is 6.20 Å². The van der Waals surface area contributed by atoms with Gasteiger partial charge in [0.25, 0.3) is 0 Å². The number of aromatic nitrogens is 2. The summed E-state index contributed by atoms with van der Waals surface area (Å²) in [6, 6.07) is 2.05. The third-order valence-electron chi connectivity index (χ3n) is 2.02. The molecule has 0 atom stereocenters. The highest BCUT2D eigenvalue weighted by Gasteiger charge is 2.19. The molecule has 2 rings (SSSR count). The smallest absolute Gasteiger partial charge is 0.224 e. The maximum Gasteiger partial charge on any atom is 0.224 e. The lowest BCUT2D eigenvalue weighted by Gasteiger charge is -2.32. The number of nitrogens with zero attached hydrogens (tertiary/aromatic N) is 4.